The van der Waals surface area contributed by atoms with Gasteiger partial charge in [0.15, 0.2) is 16.5 Å². The molecule has 0 saturated carbocycles. The first-order chi connectivity index (χ1) is 3.71. The molecule has 0 unspecified atom stereocenters. The quantitative estimate of drug-likeness (QED) is 0.388. The standard InChI is InChI=1S/C6H16NSi2.Li/c1-8(2,3)7-9(4,5)6;/h1,4H2,2-3,5-6H3;/q2*+1. The summed E-state index contributed by atoms with van der Waals surface area (Å²) in [5.41, 5.74) is 0. The van der Waals surface area contributed by atoms with E-state index in [2.05, 4.69) is 43.9 Å². The van der Waals surface area contributed by atoms with E-state index in [0.29, 0.717) is 0 Å². The molecule has 0 saturated heterocycles. The maximum atomic E-state index is 4.60. The Bertz CT molecular complexity index is 80.9. The summed E-state index contributed by atoms with van der Waals surface area (Å²) in [5, 5.41) is 0. The minimum absolute atomic E-state index is 0. The molecular formula is C6H16LiNSi2+2. The van der Waals surface area contributed by atoms with Crippen molar-refractivity contribution in [2.24, 2.45) is 0 Å². The molecule has 0 fully saturated rings. The van der Waals surface area contributed by atoms with Gasteiger partial charge < -0.3 is 4.65 Å². The number of hydrogen-bond donors (Lipinski definition) is 0. The minimum atomic E-state index is -1.42. The first-order valence-corrected chi connectivity index (χ1v) is 9.46. The summed E-state index contributed by atoms with van der Waals surface area (Å²) in [5.74, 6) is 0. The normalized spacial score (nSPS) is 12.4. The van der Waals surface area contributed by atoms with Crippen molar-refractivity contribution in [3.05, 3.63) is 17.7 Å². The molecule has 0 rings (SSSR count). The zero-order valence-electron chi connectivity index (χ0n) is 7.86. The molecule has 0 aliphatic rings. The van der Waals surface area contributed by atoms with E-state index >= 15 is 0 Å². The third-order valence-corrected chi connectivity index (χ3v) is 5.45. The van der Waals surface area contributed by atoms with Crippen molar-refractivity contribution in [1.82, 2.24) is 0 Å². The molecule has 1 nitrogen and oxygen atoms in total. The van der Waals surface area contributed by atoms with Crippen LogP contribution in [-0.4, -0.2) is 16.5 Å². The summed E-state index contributed by atoms with van der Waals surface area (Å²) < 4.78 is 4.60. The van der Waals surface area contributed by atoms with Gasteiger partial charge in [-0.25, -0.2) is 0 Å². The molecule has 0 aromatic heterocycles. The smallest absolute Gasteiger partial charge is 0.587 e. The Morgan fingerprint density at radius 2 is 1.10 bits per heavy atom. The molecule has 0 spiro atoms. The van der Waals surface area contributed by atoms with Crippen molar-refractivity contribution in [2.45, 2.75) is 26.2 Å². The Kier molecular flexibility index (Phi) is 5.24. The van der Waals surface area contributed by atoms with Gasteiger partial charge in [-0.05, 0) is 39.3 Å². The van der Waals surface area contributed by atoms with Crippen LogP contribution in [0.25, 0.3) is 4.65 Å². The molecule has 0 aromatic carbocycles. The molecule has 0 aliphatic heterocycles. The second-order valence-corrected chi connectivity index (χ2v) is 11.9. The fourth-order valence-corrected chi connectivity index (χ4v) is 7.37. The van der Waals surface area contributed by atoms with Crippen LogP contribution in [0.3, 0.4) is 0 Å². The molecule has 0 N–H and O–H groups in total. The summed E-state index contributed by atoms with van der Waals surface area (Å²) in [7, 11) is -2.84. The monoisotopic (exact) mass is 165 g/mol. The summed E-state index contributed by atoms with van der Waals surface area (Å²) >= 11 is 0. The second kappa shape index (κ2) is 3.93. The molecule has 10 heavy (non-hydrogen) atoms. The van der Waals surface area contributed by atoms with Crippen LogP contribution >= 0.6 is 0 Å². The molecule has 0 atom stereocenters. The Morgan fingerprint density at radius 1 is 0.900 bits per heavy atom. The molecule has 0 heterocycles. The van der Waals surface area contributed by atoms with Gasteiger partial charge in [-0.2, -0.15) is 0 Å². The molecular weight excluding hydrogens is 149 g/mol. The van der Waals surface area contributed by atoms with Crippen molar-refractivity contribution < 1.29 is 18.9 Å². The SMILES string of the molecule is [CH2+][Si](C)(C)[N-][Si]([CH2+])(C)C.[Li+]. The average Bonchev–Trinajstić information content (AvgIpc) is 1.14. The van der Waals surface area contributed by atoms with Crippen molar-refractivity contribution in [2.75, 3.05) is 0 Å². The van der Waals surface area contributed by atoms with Crippen molar-refractivity contribution in [1.29, 1.82) is 0 Å². The zero-order chi connectivity index (χ0) is 7.71. The molecule has 0 amide bonds. The summed E-state index contributed by atoms with van der Waals surface area (Å²) in [6.07, 6.45) is 0. The predicted octanol–water partition coefficient (Wildman–Crippen LogP) is -0.479. The van der Waals surface area contributed by atoms with Crippen molar-refractivity contribution in [3.63, 3.8) is 0 Å². The van der Waals surface area contributed by atoms with Crippen LogP contribution in [0.1, 0.15) is 0 Å². The zero-order valence-corrected chi connectivity index (χ0v) is 9.86. The second-order valence-electron chi connectivity index (χ2n) is 3.74. The van der Waals surface area contributed by atoms with E-state index in [-0.39, 0.29) is 18.9 Å². The van der Waals surface area contributed by atoms with Gasteiger partial charge in [0, 0.05) is 0 Å². The van der Waals surface area contributed by atoms with E-state index in [4.69, 9.17) is 0 Å². The predicted molar refractivity (Wildman–Crippen MR) is 49.0 cm³/mol. The van der Waals surface area contributed by atoms with Crippen LogP contribution in [0.2, 0.25) is 26.2 Å². The molecule has 52 valence electrons. The maximum Gasteiger partial charge on any atom is 1.00 e. The Labute approximate surface area is 79.3 Å². The molecule has 0 radical (unpaired) electrons. The van der Waals surface area contributed by atoms with Gasteiger partial charge in [-0.1, -0.05) is 0 Å². The van der Waals surface area contributed by atoms with Gasteiger partial charge in [-0.3, -0.25) is 0 Å². The molecule has 0 aliphatic carbocycles. The average molecular weight is 165 g/mol. The van der Waals surface area contributed by atoms with Crippen molar-refractivity contribution >= 4 is 16.5 Å². The topological polar surface area (TPSA) is 14.1 Å². The third-order valence-electron chi connectivity index (χ3n) is 0.605. The van der Waals surface area contributed by atoms with Gasteiger partial charge >= 0.3 is 18.9 Å². The van der Waals surface area contributed by atoms with E-state index in [1.54, 1.807) is 0 Å². The van der Waals surface area contributed by atoms with E-state index in [0.717, 1.165) is 0 Å². The fourth-order valence-electron chi connectivity index (χ4n) is 0.819. The van der Waals surface area contributed by atoms with E-state index in [1.807, 2.05) is 0 Å². The van der Waals surface area contributed by atoms with Crippen LogP contribution in [-0.2, 0) is 0 Å². The van der Waals surface area contributed by atoms with Crippen LogP contribution in [0, 0.1) is 13.1 Å². The van der Waals surface area contributed by atoms with E-state index < -0.39 is 16.5 Å². The van der Waals surface area contributed by atoms with Gasteiger partial charge in [-0.15, -0.1) is 0 Å². The molecule has 4 heteroatoms. The number of hydrogen-bond acceptors (Lipinski definition) is 0. The van der Waals surface area contributed by atoms with E-state index in [9.17, 15) is 0 Å². The number of rotatable bonds is 2. The van der Waals surface area contributed by atoms with Crippen LogP contribution in [0.15, 0.2) is 0 Å². The van der Waals surface area contributed by atoms with Gasteiger partial charge in [0.05, 0.1) is 0 Å². The first-order valence-electron chi connectivity index (χ1n) is 3.15. The largest absolute Gasteiger partial charge is 1.00 e. The van der Waals surface area contributed by atoms with Gasteiger partial charge in [0.1, 0.15) is 0 Å². The Hall–Kier alpha value is 0.731. The van der Waals surface area contributed by atoms with Gasteiger partial charge in [0.2, 0.25) is 0 Å². The Morgan fingerprint density at radius 3 is 1.10 bits per heavy atom. The van der Waals surface area contributed by atoms with Crippen LogP contribution in [0.4, 0.5) is 0 Å². The first kappa shape index (κ1) is 13.3. The Balaban J connectivity index is 0. The maximum absolute atomic E-state index is 4.60. The summed E-state index contributed by atoms with van der Waals surface area (Å²) in [6, 6.07) is 0. The minimum Gasteiger partial charge on any atom is -0.587 e. The van der Waals surface area contributed by atoms with E-state index in [1.165, 1.54) is 0 Å². The fraction of sp³-hybridized carbons (Fsp3) is 0.667. The number of nitrogens with zero attached hydrogens (tertiary/aromatic N) is 1. The van der Waals surface area contributed by atoms with Gasteiger partial charge in [0.25, 0.3) is 0 Å². The van der Waals surface area contributed by atoms with Crippen LogP contribution < -0.4 is 18.9 Å². The van der Waals surface area contributed by atoms with Crippen molar-refractivity contribution in [3.8, 4) is 0 Å². The molecule has 0 bridgehead atoms. The van der Waals surface area contributed by atoms with Crippen LogP contribution in [0.5, 0.6) is 0 Å². The molecule has 0 aromatic rings. The summed E-state index contributed by atoms with van der Waals surface area (Å²) in [4.78, 5) is 0. The summed E-state index contributed by atoms with van der Waals surface area (Å²) in [6.45, 7) is 16.6. The third kappa shape index (κ3) is 11.5.